The summed E-state index contributed by atoms with van der Waals surface area (Å²) < 4.78 is 50.9. The molecule has 1 unspecified atom stereocenters. The van der Waals surface area contributed by atoms with E-state index in [-0.39, 0.29) is 17.8 Å². The van der Waals surface area contributed by atoms with E-state index in [0.717, 1.165) is 17.8 Å². The molecule has 0 radical (unpaired) electrons. The van der Waals surface area contributed by atoms with Crippen molar-refractivity contribution in [3.05, 3.63) is 59.5 Å². The average Bonchev–Trinajstić information content (AvgIpc) is 2.74. The zero-order chi connectivity index (χ0) is 21.7. The number of halogens is 4. The molecule has 2 heterocycles. The van der Waals surface area contributed by atoms with E-state index in [1.165, 1.54) is 18.2 Å². The highest BCUT2D eigenvalue weighted by Gasteiger charge is 2.31. The third kappa shape index (κ3) is 5.69. The topological polar surface area (TPSA) is 48.5 Å². The summed E-state index contributed by atoms with van der Waals surface area (Å²) in [6, 6.07) is 8.27. The van der Waals surface area contributed by atoms with E-state index >= 15 is 0 Å². The first kappa shape index (κ1) is 22.0. The predicted molar refractivity (Wildman–Crippen MR) is 106 cm³/mol. The van der Waals surface area contributed by atoms with Gasteiger partial charge in [-0.1, -0.05) is 12.1 Å². The van der Waals surface area contributed by atoms with Crippen LogP contribution < -0.4 is 10.2 Å². The first-order valence-corrected chi connectivity index (χ1v) is 9.78. The van der Waals surface area contributed by atoms with Crippen molar-refractivity contribution in [3.8, 4) is 0 Å². The Morgan fingerprint density at radius 1 is 1.10 bits per heavy atom. The van der Waals surface area contributed by atoms with E-state index in [9.17, 15) is 22.4 Å². The molecule has 1 N–H and O–H groups in total. The molecule has 9 heteroatoms. The van der Waals surface area contributed by atoms with Gasteiger partial charge < -0.3 is 10.2 Å². The number of piperazine rings is 1. The molecule has 30 heavy (non-hydrogen) atoms. The lowest BCUT2D eigenvalue weighted by Gasteiger charge is -2.38. The van der Waals surface area contributed by atoms with Gasteiger partial charge in [-0.2, -0.15) is 13.2 Å². The zero-order valence-corrected chi connectivity index (χ0v) is 16.6. The summed E-state index contributed by atoms with van der Waals surface area (Å²) in [5.41, 5.74) is 0.179. The van der Waals surface area contributed by atoms with Crippen LogP contribution in [0.15, 0.2) is 42.6 Å². The van der Waals surface area contributed by atoms with Gasteiger partial charge in [0.05, 0.1) is 11.6 Å². The van der Waals surface area contributed by atoms with Gasteiger partial charge >= 0.3 is 6.18 Å². The Balaban J connectivity index is 1.44. The normalized spacial score (nSPS) is 16.4. The number of pyridine rings is 1. The van der Waals surface area contributed by atoms with Crippen LogP contribution in [0.3, 0.4) is 0 Å². The minimum atomic E-state index is -4.40. The summed E-state index contributed by atoms with van der Waals surface area (Å²) in [6.45, 7) is 4.66. The molecule has 0 aliphatic carbocycles. The Morgan fingerprint density at radius 2 is 1.77 bits per heavy atom. The Labute approximate surface area is 172 Å². The minimum Gasteiger partial charge on any atom is -0.354 e. The first-order valence-electron chi connectivity index (χ1n) is 9.78. The number of nitrogens with one attached hydrogen (secondary N) is 1. The largest absolute Gasteiger partial charge is 0.417 e. The maximum atomic E-state index is 12.9. The second kappa shape index (κ2) is 9.42. The smallest absolute Gasteiger partial charge is 0.354 e. The first-order chi connectivity index (χ1) is 14.2. The van der Waals surface area contributed by atoms with Gasteiger partial charge in [0, 0.05) is 38.9 Å². The average molecular weight is 424 g/mol. The fourth-order valence-electron chi connectivity index (χ4n) is 3.37. The van der Waals surface area contributed by atoms with Gasteiger partial charge in [0.15, 0.2) is 0 Å². The van der Waals surface area contributed by atoms with Crippen molar-refractivity contribution in [1.29, 1.82) is 0 Å². The van der Waals surface area contributed by atoms with Crippen LogP contribution in [-0.2, 0) is 17.4 Å². The number of carbonyl (C=O) groups is 1. The fourth-order valence-corrected chi connectivity index (χ4v) is 3.37. The number of carbonyl (C=O) groups excluding carboxylic acids is 1. The molecular weight excluding hydrogens is 400 g/mol. The number of hydrogen-bond acceptors (Lipinski definition) is 4. The molecule has 0 bridgehead atoms. The number of anilines is 1. The number of amides is 1. The van der Waals surface area contributed by atoms with E-state index in [1.54, 1.807) is 12.1 Å². The number of aromatic nitrogens is 1. The van der Waals surface area contributed by atoms with E-state index in [2.05, 4.69) is 10.3 Å². The second-order valence-corrected chi connectivity index (χ2v) is 7.27. The molecule has 0 saturated carbocycles. The van der Waals surface area contributed by atoms with Crippen molar-refractivity contribution in [2.24, 2.45) is 0 Å². The standard InChI is InChI=1S/C21H24F4N4O/c1-15(20(30)26-9-8-16-2-5-18(22)6-3-16)28-10-12-29(13-11-28)19-7-4-17(14-27-19)21(23,24)25/h2-7,14-15H,8-13H2,1H3,(H,26,30). The number of benzene rings is 1. The van der Waals surface area contributed by atoms with Gasteiger partial charge in [-0.25, -0.2) is 9.37 Å². The summed E-state index contributed by atoms with van der Waals surface area (Å²) in [6.07, 6.45) is -2.94. The van der Waals surface area contributed by atoms with E-state index in [1.807, 2.05) is 16.7 Å². The van der Waals surface area contributed by atoms with Crippen LogP contribution in [0.25, 0.3) is 0 Å². The molecular formula is C21H24F4N4O. The second-order valence-electron chi connectivity index (χ2n) is 7.27. The van der Waals surface area contributed by atoms with Crippen molar-refractivity contribution in [3.63, 3.8) is 0 Å². The lowest BCUT2D eigenvalue weighted by molar-refractivity contribution is -0.137. The van der Waals surface area contributed by atoms with Crippen LogP contribution in [-0.4, -0.2) is 54.6 Å². The molecule has 1 amide bonds. The van der Waals surface area contributed by atoms with E-state index < -0.39 is 11.7 Å². The van der Waals surface area contributed by atoms with Crippen LogP contribution in [0.2, 0.25) is 0 Å². The Bertz CT molecular complexity index is 832. The van der Waals surface area contributed by atoms with E-state index in [4.69, 9.17) is 0 Å². The lowest BCUT2D eigenvalue weighted by atomic mass is 10.1. The molecule has 0 spiro atoms. The van der Waals surface area contributed by atoms with Gasteiger partial charge in [-0.15, -0.1) is 0 Å². The Hall–Kier alpha value is -2.68. The van der Waals surface area contributed by atoms with Crippen LogP contribution in [0.1, 0.15) is 18.1 Å². The monoisotopic (exact) mass is 424 g/mol. The highest BCUT2D eigenvalue weighted by molar-refractivity contribution is 5.81. The van der Waals surface area contributed by atoms with Crippen LogP contribution in [0.4, 0.5) is 23.4 Å². The van der Waals surface area contributed by atoms with Crippen molar-refractivity contribution in [2.75, 3.05) is 37.6 Å². The fraction of sp³-hybridized carbons (Fsp3) is 0.429. The molecule has 1 aliphatic heterocycles. The Kier molecular flexibility index (Phi) is 6.91. The van der Waals surface area contributed by atoms with Gasteiger partial charge in [-0.05, 0) is 43.2 Å². The molecule has 3 rings (SSSR count). The predicted octanol–water partition coefficient (Wildman–Crippen LogP) is 3.11. The van der Waals surface area contributed by atoms with Crippen molar-refractivity contribution >= 4 is 11.7 Å². The minimum absolute atomic E-state index is 0.0850. The highest BCUT2D eigenvalue weighted by atomic mass is 19.4. The number of nitrogens with zero attached hydrogens (tertiary/aromatic N) is 3. The molecule has 162 valence electrons. The SMILES string of the molecule is CC(C(=O)NCCc1ccc(F)cc1)N1CCN(c2ccc(C(F)(F)F)cn2)CC1. The van der Waals surface area contributed by atoms with Gasteiger partial charge in [0.2, 0.25) is 5.91 Å². The van der Waals surface area contributed by atoms with Gasteiger partial charge in [-0.3, -0.25) is 9.69 Å². The van der Waals surface area contributed by atoms with E-state index in [0.29, 0.717) is 45.0 Å². The quantitative estimate of drug-likeness (QED) is 0.724. The molecule has 5 nitrogen and oxygen atoms in total. The zero-order valence-electron chi connectivity index (χ0n) is 16.6. The van der Waals surface area contributed by atoms with Crippen LogP contribution in [0, 0.1) is 5.82 Å². The van der Waals surface area contributed by atoms with Crippen molar-refractivity contribution in [1.82, 2.24) is 15.2 Å². The number of alkyl halides is 3. The van der Waals surface area contributed by atoms with Crippen LogP contribution >= 0.6 is 0 Å². The van der Waals surface area contributed by atoms with Gasteiger partial charge in [0.1, 0.15) is 11.6 Å². The highest BCUT2D eigenvalue weighted by Crippen LogP contribution is 2.29. The van der Waals surface area contributed by atoms with Crippen molar-refractivity contribution < 1.29 is 22.4 Å². The summed E-state index contributed by atoms with van der Waals surface area (Å²) in [7, 11) is 0. The molecule has 1 aromatic heterocycles. The van der Waals surface area contributed by atoms with Gasteiger partial charge in [0.25, 0.3) is 0 Å². The summed E-state index contributed by atoms with van der Waals surface area (Å²) in [4.78, 5) is 20.3. The molecule has 1 fully saturated rings. The maximum Gasteiger partial charge on any atom is 0.417 e. The van der Waals surface area contributed by atoms with Crippen molar-refractivity contribution in [2.45, 2.75) is 25.6 Å². The summed E-state index contributed by atoms with van der Waals surface area (Å²) in [5, 5.41) is 2.90. The molecule has 1 aliphatic rings. The Morgan fingerprint density at radius 3 is 2.33 bits per heavy atom. The molecule has 2 aromatic rings. The van der Waals surface area contributed by atoms with Crippen LogP contribution in [0.5, 0.6) is 0 Å². The third-order valence-corrected chi connectivity index (χ3v) is 5.27. The molecule has 1 aromatic carbocycles. The number of rotatable bonds is 6. The molecule has 1 saturated heterocycles. The lowest BCUT2D eigenvalue weighted by Crippen LogP contribution is -2.54. The summed E-state index contributed by atoms with van der Waals surface area (Å²) >= 11 is 0. The number of hydrogen-bond donors (Lipinski definition) is 1. The molecule has 1 atom stereocenters. The summed E-state index contributed by atoms with van der Waals surface area (Å²) in [5.74, 6) is 0.124. The maximum absolute atomic E-state index is 12.9. The third-order valence-electron chi connectivity index (χ3n) is 5.27.